The van der Waals surface area contributed by atoms with E-state index >= 15 is 0 Å². The van der Waals surface area contributed by atoms with E-state index in [-0.39, 0.29) is 35.8 Å². The van der Waals surface area contributed by atoms with Gasteiger partial charge in [-0.15, -0.1) is 0 Å². The number of halogens is 3. The number of pyridine rings is 2. The Labute approximate surface area is 216 Å². The maximum absolute atomic E-state index is 13.7. The van der Waals surface area contributed by atoms with Crippen LogP contribution in [0.3, 0.4) is 0 Å². The SMILES string of the molecule is Cc1ccccc1-c1nc(NS(=O)(=O)c2cccc(NC3CC4(C(=O)O)CCC3O4)n2)ccc1C(F)(F)F. The summed E-state index contributed by atoms with van der Waals surface area (Å²) in [5.41, 5.74) is -1.89. The van der Waals surface area contributed by atoms with Gasteiger partial charge in [0, 0.05) is 12.0 Å². The van der Waals surface area contributed by atoms with E-state index in [1.807, 2.05) is 0 Å². The molecule has 2 aromatic heterocycles. The number of nitrogens with zero attached hydrogens (tertiary/aromatic N) is 2. The molecule has 38 heavy (non-hydrogen) atoms. The van der Waals surface area contributed by atoms with Gasteiger partial charge in [-0.25, -0.2) is 14.8 Å². The smallest absolute Gasteiger partial charge is 0.418 e. The second kappa shape index (κ2) is 9.24. The second-order valence-corrected chi connectivity index (χ2v) is 11.0. The molecule has 3 N–H and O–H groups in total. The lowest BCUT2D eigenvalue weighted by Crippen LogP contribution is -2.39. The van der Waals surface area contributed by atoms with Crippen LogP contribution in [0.4, 0.5) is 24.8 Å². The largest absolute Gasteiger partial charge is 0.479 e. The topological polar surface area (TPSA) is 131 Å². The van der Waals surface area contributed by atoms with Gasteiger partial charge in [0.05, 0.1) is 23.4 Å². The summed E-state index contributed by atoms with van der Waals surface area (Å²) in [4.78, 5) is 19.8. The molecule has 13 heteroatoms. The second-order valence-electron chi connectivity index (χ2n) is 9.32. The number of hydrogen-bond acceptors (Lipinski definition) is 7. The minimum absolute atomic E-state index is 0.190. The summed E-state index contributed by atoms with van der Waals surface area (Å²) < 4.78 is 75.2. The summed E-state index contributed by atoms with van der Waals surface area (Å²) in [5, 5.41) is 12.2. The van der Waals surface area contributed by atoms with Gasteiger partial charge in [0.25, 0.3) is 10.0 Å². The zero-order chi connectivity index (χ0) is 27.3. The van der Waals surface area contributed by atoms with E-state index in [2.05, 4.69) is 20.0 Å². The maximum Gasteiger partial charge on any atom is 0.418 e. The number of aryl methyl sites for hydroxylation is 1. The van der Waals surface area contributed by atoms with Gasteiger partial charge in [-0.3, -0.25) is 4.72 Å². The highest BCUT2D eigenvalue weighted by atomic mass is 32.2. The highest BCUT2D eigenvalue weighted by Crippen LogP contribution is 2.45. The van der Waals surface area contributed by atoms with Crippen LogP contribution in [0.15, 0.2) is 59.6 Å². The molecular formula is C25H23F3N4O5S. The number of carboxylic acid groups (broad SMARTS) is 1. The molecule has 0 amide bonds. The number of sulfonamides is 1. The molecule has 2 aliphatic rings. The first-order chi connectivity index (χ1) is 17.9. The van der Waals surface area contributed by atoms with Crippen LogP contribution in [0.2, 0.25) is 0 Å². The fraction of sp³-hybridized carbons (Fsp3) is 0.320. The number of nitrogens with one attached hydrogen (secondary N) is 2. The highest BCUT2D eigenvalue weighted by Gasteiger charge is 2.57. The predicted octanol–water partition coefficient (Wildman–Crippen LogP) is 4.46. The number of fused-ring (bicyclic) bond motifs is 2. The van der Waals surface area contributed by atoms with Gasteiger partial charge >= 0.3 is 12.1 Å². The molecule has 3 atom stereocenters. The van der Waals surface area contributed by atoms with Crippen molar-refractivity contribution in [1.29, 1.82) is 0 Å². The number of alkyl halides is 3. The Morgan fingerprint density at radius 2 is 1.84 bits per heavy atom. The first-order valence-corrected chi connectivity index (χ1v) is 13.2. The van der Waals surface area contributed by atoms with Crippen molar-refractivity contribution < 1.29 is 36.2 Å². The van der Waals surface area contributed by atoms with Gasteiger partial charge in [-0.05, 0) is 49.6 Å². The number of ether oxygens (including phenoxy) is 1. The third-order valence-electron chi connectivity index (χ3n) is 6.77. The first-order valence-electron chi connectivity index (χ1n) is 11.7. The van der Waals surface area contributed by atoms with Crippen LogP contribution in [0.25, 0.3) is 11.3 Å². The van der Waals surface area contributed by atoms with Crippen LogP contribution in [0, 0.1) is 6.92 Å². The molecule has 4 heterocycles. The average Bonchev–Trinajstić information content (AvgIpc) is 3.44. The number of hydrogen-bond donors (Lipinski definition) is 3. The van der Waals surface area contributed by atoms with E-state index in [9.17, 15) is 31.5 Å². The number of rotatable bonds is 7. The van der Waals surface area contributed by atoms with E-state index in [0.29, 0.717) is 18.4 Å². The molecule has 1 aromatic carbocycles. The molecule has 0 saturated carbocycles. The monoisotopic (exact) mass is 548 g/mol. The molecule has 0 spiro atoms. The van der Waals surface area contributed by atoms with E-state index in [4.69, 9.17) is 4.74 Å². The lowest BCUT2D eigenvalue weighted by atomic mass is 9.85. The van der Waals surface area contributed by atoms with Crippen LogP contribution in [-0.2, 0) is 25.7 Å². The number of carbonyl (C=O) groups is 1. The van der Waals surface area contributed by atoms with Gasteiger partial charge < -0.3 is 15.2 Å². The molecule has 2 aliphatic heterocycles. The van der Waals surface area contributed by atoms with Crippen LogP contribution < -0.4 is 10.0 Å². The first kappa shape index (κ1) is 25.9. The van der Waals surface area contributed by atoms with Crippen molar-refractivity contribution in [3.05, 3.63) is 65.7 Å². The standard InChI is InChI=1S/C25H23F3N4O5S/c1-14-5-2-3-6-15(14)22-16(25(26,27)28)9-10-20(31-22)32-38(35,36)21-8-4-7-19(30-21)29-17-13-24(23(33)34)12-11-18(17)37-24/h2-10,17-18H,11-13H2,1H3,(H,29,30)(H,31,32)(H,33,34). The lowest BCUT2D eigenvalue weighted by Gasteiger charge is -2.24. The summed E-state index contributed by atoms with van der Waals surface area (Å²) in [6, 6.07) is 11.9. The Kier molecular flexibility index (Phi) is 6.30. The van der Waals surface area contributed by atoms with Gasteiger partial charge in [0.15, 0.2) is 10.6 Å². The van der Waals surface area contributed by atoms with E-state index < -0.39 is 44.1 Å². The number of benzene rings is 1. The minimum Gasteiger partial charge on any atom is -0.479 e. The van der Waals surface area contributed by atoms with Crippen molar-refractivity contribution in [2.24, 2.45) is 0 Å². The quantitative estimate of drug-likeness (QED) is 0.395. The average molecular weight is 549 g/mol. The molecule has 0 radical (unpaired) electrons. The van der Waals surface area contributed by atoms with E-state index in [1.165, 1.54) is 24.3 Å². The van der Waals surface area contributed by atoms with E-state index in [0.717, 1.165) is 12.1 Å². The Hall–Kier alpha value is -3.71. The van der Waals surface area contributed by atoms with Gasteiger partial charge in [-0.1, -0.05) is 30.3 Å². The maximum atomic E-state index is 13.7. The molecule has 9 nitrogen and oxygen atoms in total. The molecule has 200 valence electrons. The van der Waals surface area contributed by atoms with Crippen molar-refractivity contribution in [3.63, 3.8) is 0 Å². The number of anilines is 2. The van der Waals surface area contributed by atoms with Crippen LogP contribution in [0.5, 0.6) is 0 Å². The fourth-order valence-corrected chi connectivity index (χ4v) is 5.88. The zero-order valence-electron chi connectivity index (χ0n) is 20.0. The lowest BCUT2D eigenvalue weighted by molar-refractivity contribution is -0.158. The molecule has 3 aromatic rings. The molecule has 5 rings (SSSR count). The number of aromatic nitrogens is 2. The van der Waals surface area contributed by atoms with Crippen molar-refractivity contribution in [2.45, 2.75) is 55.1 Å². The zero-order valence-corrected chi connectivity index (χ0v) is 20.8. The Balaban J connectivity index is 1.40. The van der Waals surface area contributed by atoms with Crippen molar-refractivity contribution >= 4 is 27.6 Å². The van der Waals surface area contributed by atoms with Crippen LogP contribution >= 0.6 is 0 Å². The minimum atomic E-state index is -4.70. The summed E-state index contributed by atoms with van der Waals surface area (Å²) in [6.07, 6.45) is -3.89. The van der Waals surface area contributed by atoms with Crippen molar-refractivity contribution in [2.75, 3.05) is 10.0 Å². The van der Waals surface area contributed by atoms with Crippen molar-refractivity contribution in [1.82, 2.24) is 9.97 Å². The highest BCUT2D eigenvalue weighted by molar-refractivity contribution is 7.92. The predicted molar refractivity (Wildman–Crippen MR) is 131 cm³/mol. The molecule has 2 saturated heterocycles. The Bertz CT molecular complexity index is 1510. The Morgan fingerprint density at radius 1 is 1.08 bits per heavy atom. The number of aliphatic carboxylic acids is 1. The van der Waals surface area contributed by atoms with E-state index in [1.54, 1.807) is 25.1 Å². The summed E-state index contributed by atoms with van der Waals surface area (Å²) in [7, 11) is -4.33. The third kappa shape index (κ3) is 4.78. The molecule has 0 aliphatic carbocycles. The van der Waals surface area contributed by atoms with Crippen molar-refractivity contribution in [3.8, 4) is 11.3 Å². The van der Waals surface area contributed by atoms with Crippen LogP contribution in [0.1, 0.15) is 30.4 Å². The molecule has 2 bridgehead atoms. The summed E-state index contributed by atoms with van der Waals surface area (Å²) >= 11 is 0. The normalized spacial score (nSPS) is 22.8. The third-order valence-corrected chi connectivity index (χ3v) is 8.03. The van der Waals surface area contributed by atoms with Gasteiger partial charge in [0.2, 0.25) is 0 Å². The Morgan fingerprint density at radius 3 is 2.53 bits per heavy atom. The van der Waals surface area contributed by atoms with Gasteiger partial charge in [-0.2, -0.15) is 21.6 Å². The number of carboxylic acids is 1. The van der Waals surface area contributed by atoms with Crippen LogP contribution in [-0.4, -0.2) is 47.2 Å². The van der Waals surface area contributed by atoms with Gasteiger partial charge in [0.1, 0.15) is 11.6 Å². The molecular weight excluding hydrogens is 525 g/mol. The summed E-state index contributed by atoms with van der Waals surface area (Å²) in [5.74, 6) is -1.15. The fourth-order valence-electron chi connectivity index (χ4n) is 4.91. The summed E-state index contributed by atoms with van der Waals surface area (Å²) in [6.45, 7) is 1.63. The molecule has 3 unspecified atom stereocenters. The molecule has 2 fully saturated rings.